The van der Waals surface area contributed by atoms with Crippen molar-refractivity contribution in [2.75, 3.05) is 0 Å². The van der Waals surface area contributed by atoms with Crippen LogP contribution >= 0.6 is 0 Å². The molecule has 4 fully saturated rings. The average Bonchev–Trinajstić information content (AvgIpc) is 2.45. The summed E-state index contributed by atoms with van der Waals surface area (Å²) in [6.07, 6.45) is 7.91. The molecule has 23 heavy (non-hydrogen) atoms. The molecule has 4 saturated carbocycles. The molecule has 1 aromatic carbocycles. The van der Waals surface area contributed by atoms with E-state index in [2.05, 4.69) is 0 Å². The smallest absolute Gasteiger partial charge is 0.339 e. The van der Waals surface area contributed by atoms with Gasteiger partial charge >= 0.3 is 11.9 Å². The standard InChI is InChI=1S/C19H22O4/c20-17(23-16-4-2-1-3-15(16)18(21)22)11-19-8-12-5-13(9-19)7-14(6-12)10-19/h1-4,12-14H,5-11H2,(H,21,22). The maximum atomic E-state index is 12.5. The topological polar surface area (TPSA) is 63.6 Å². The molecule has 0 spiro atoms. The van der Waals surface area contributed by atoms with Gasteiger partial charge < -0.3 is 9.84 Å². The van der Waals surface area contributed by atoms with Gasteiger partial charge in [-0.1, -0.05) is 12.1 Å². The lowest BCUT2D eigenvalue weighted by Crippen LogP contribution is -2.47. The number of aromatic carboxylic acids is 1. The molecule has 122 valence electrons. The van der Waals surface area contributed by atoms with Gasteiger partial charge in [-0.2, -0.15) is 0 Å². The van der Waals surface area contributed by atoms with E-state index in [0.717, 1.165) is 37.0 Å². The third-order valence-electron chi connectivity index (χ3n) is 6.03. The van der Waals surface area contributed by atoms with Crippen LogP contribution in [0.5, 0.6) is 5.75 Å². The molecule has 1 N–H and O–H groups in total. The van der Waals surface area contributed by atoms with Crippen LogP contribution in [0.15, 0.2) is 24.3 Å². The molecule has 4 heteroatoms. The van der Waals surface area contributed by atoms with Gasteiger partial charge in [0.1, 0.15) is 11.3 Å². The number of esters is 1. The largest absolute Gasteiger partial charge is 0.478 e. The Morgan fingerprint density at radius 2 is 1.61 bits per heavy atom. The monoisotopic (exact) mass is 314 g/mol. The summed E-state index contributed by atoms with van der Waals surface area (Å²) in [6, 6.07) is 6.36. The van der Waals surface area contributed by atoms with Crippen molar-refractivity contribution in [1.29, 1.82) is 0 Å². The second-order valence-corrected chi connectivity index (χ2v) is 7.87. The molecule has 0 radical (unpaired) electrons. The second kappa shape index (κ2) is 5.36. The summed E-state index contributed by atoms with van der Waals surface area (Å²) in [5.74, 6) is 1.19. The van der Waals surface area contributed by atoms with E-state index in [-0.39, 0.29) is 22.7 Å². The summed E-state index contributed by atoms with van der Waals surface area (Å²) in [5, 5.41) is 9.19. The van der Waals surface area contributed by atoms with Crippen LogP contribution in [0.25, 0.3) is 0 Å². The molecular formula is C19H22O4. The molecule has 4 bridgehead atoms. The predicted octanol–water partition coefficient (Wildman–Crippen LogP) is 3.90. The van der Waals surface area contributed by atoms with Gasteiger partial charge in [0, 0.05) is 0 Å². The van der Waals surface area contributed by atoms with Crippen LogP contribution in [0, 0.1) is 23.2 Å². The Bertz CT molecular complexity index is 613. The number of hydrogen-bond acceptors (Lipinski definition) is 3. The van der Waals surface area contributed by atoms with Crippen molar-refractivity contribution in [3.63, 3.8) is 0 Å². The maximum absolute atomic E-state index is 12.5. The highest BCUT2D eigenvalue weighted by atomic mass is 16.5. The minimum Gasteiger partial charge on any atom is -0.478 e. The predicted molar refractivity (Wildman–Crippen MR) is 84.3 cm³/mol. The third kappa shape index (κ3) is 2.75. The van der Waals surface area contributed by atoms with Gasteiger partial charge in [-0.05, 0) is 73.8 Å². The first-order valence-corrected chi connectivity index (χ1v) is 8.56. The number of carbonyl (C=O) groups is 2. The van der Waals surface area contributed by atoms with Crippen LogP contribution in [0.1, 0.15) is 55.3 Å². The molecule has 4 aliphatic rings. The minimum atomic E-state index is -1.07. The van der Waals surface area contributed by atoms with Crippen LogP contribution in [-0.2, 0) is 4.79 Å². The Balaban J connectivity index is 1.48. The summed E-state index contributed by atoms with van der Waals surface area (Å²) < 4.78 is 5.43. The fourth-order valence-electron chi connectivity index (χ4n) is 5.70. The average molecular weight is 314 g/mol. The molecular weight excluding hydrogens is 292 g/mol. The zero-order valence-corrected chi connectivity index (χ0v) is 13.2. The van der Waals surface area contributed by atoms with E-state index in [1.54, 1.807) is 18.2 Å². The Morgan fingerprint density at radius 1 is 1.04 bits per heavy atom. The van der Waals surface area contributed by atoms with Gasteiger partial charge in [0.25, 0.3) is 0 Å². The lowest BCUT2D eigenvalue weighted by atomic mass is 9.49. The molecule has 0 aliphatic heterocycles. The molecule has 5 rings (SSSR count). The first-order valence-electron chi connectivity index (χ1n) is 8.56. The molecule has 0 heterocycles. The highest BCUT2D eigenvalue weighted by Gasteiger charge is 2.51. The Kier molecular flexibility index (Phi) is 3.43. The number of carboxylic acids is 1. The summed E-state index contributed by atoms with van der Waals surface area (Å²) in [7, 11) is 0. The molecule has 0 amide bonds. The van der Waals surface area contributed by atoms with Crippen molar-refractivity contribution in [2.45, 2.75) is 44.9 Å². The van der Waals surface area contributed by atoms with E-state index >= 15 is 0 Å². The SMILES string of the molecule is O=C(CC12CC3CC(CC(C3)C1)C2)Oc1ccccc1C(=O)O. The third-order valence-corrected chi connectivity index (χ3v) is 6.03. The maximum Gasteiger partial charge on any atom is 0.339 e. The van der Waals surface area contributed by atoms with Gasteiger partial charge in [0.2, 0.25) is 0 Å². The molecule has 4 nitrogen and oxygen atoms in total. The number of carbonyl (C=O) groups excluding carboxylic acids is 1. The van der Waals surface area contributed by atoms with Crippen molar-refractivity contribution < 1.29 is 19.4 Å². The molecule has 0 unspecified atom stereocenters. The zero-order valence-electron chi connectivity index (χ0n) is 13.2. The van der Waals surface area contributed by atoms with Crippen molar-refractivity contribution in [3.05, 3.63) is 29.8 Å². The van der Waals surface area contributed by atoms with Crippen LogP contribution < -0.4 is 4.74 Å². The van der Waals surface area contributed by atoms with E-state index < -0.39 is 5.97 Å². The lowest BCUT2D eigenvalue weighted by molar-refractivity contribution is -0.142. The van der Waals surface area contributed by atoms with Crippen molar-refractivity contribution in [3.8, 4) is 5.75 Å². The van der Waals surface area contributed by atoms with E-state index in [4.69, 9.17) is 4.74 Å². The number of rotatable bonds is 4. The summed E-state index contributed by atoms with van der Waals surface area (Å²) in [5.41, 5.74) is 0.163. The number of benzene rings is 1. The normalized spacial score (nSPS) is 34.3. The van der Waals surface area contributed by atoms with Crippen LogP contribution in [0.2, 0.25) is 0 Å². The fraction of sp³-hybridized carbons (Fsp3) is 0.579. The van der Waals surface area contributed by atoms with Crippen LogP contribution in [-0.4, -0.2) is 17.0 Å². The van der Waals surface area contributed by atoms with Gasteiger partial charge in [-0.25, -0.2) is 4.79 Å². The Labute approximate surface area is 135 Å². The van der Waals surface area contributed by atoms with Crippen LogP contribution in [0.4, 0.5) is 0 Å². The summed E-state index contributed by atoms with van der Waals surface area (Å²) >= 11 is 0. The Morgan fingerprint density at radius 3 is 2.17 bits per heavy atom. The van der Waals surface area contributed by atoms with E-state index in [1.807, 2.05) is 0 Å². The fourth-order valence-corrected chi connectivity index (χ4v) is 5.70. The van der Waals surface area contributed by atoms with Crippen molar-refractivity contribution in [1.82, 2.24) is 0 Å². The first-order chi connectivity index (χ1) is 11.0. The summed E-state index contributed by atoms with van der Waals surface area (Å²) in [6.45, 7) is 0. The minimum absolute atomic E-state index is 0.0476. The number of hydrogen-bond donors (Lipinski definition) is 1. The van der Waals surface area contributed by atoms with Crippen LogP contribution in [0.3, 0.4) is 0 Å². The quantitative estimate of drug-likeness (QED) is 0.676. The zero-order chi connectivity index (χ0) is 16.0. The highest BCUT2D eigenvalue weighted by molar-refractivity contribution is 5.92. The number of carboxylic acid groups (broad SMARTS) is 1. The van der Waals surface area contributed by atoms with E-state index in [0.29, 0.717) is 6.42 Å². The van der Waals surface area contributed by atoms with E-state index in [9.17, 15) is 14.7 Å². The van der Waals surface area contributed by atoms with Gasteiger partial charge in [-0.3, -0.25) is 4.79 Å². The number of ether oxygens (including phenoxy) is 1. The molecule has 0 aromatic heterocycles. The Hall–Kier alpha value is -1.84. The van der Waals surface area contributed by atoms with Crippen molar-refractivity contribution >= 4 is 11.9 Å². The molecule has 1 aromatic rings. The number of para-hydroxylation sites is 1. The van der Waals surface area contributed by atoms with E-state index in [1.165, 1.54) is 25.3 Å². The first kappa shape index (κ1) is 14.7. The second-order valence-electron chi connectivity index (χ2n) is 7.87. The van der Waals surface area contributed by atoms with Gasteiger partial charge in [-0.15, -0.1) is 0 Å². The van der Waals surface area contributed by atoms with Gasteiger partial charge in [0.05, 0.1) is 6.42 Å². The molecule has 0 atom stereocenters. The molecule has 0 saturated heterocycles. The van der Waals surface area contributed by atoms with Gasteiger partial charge in [0.15, 0.2) is 0 Å². The lowest BCUT2D eigenvalue weighted by Gasteiger charge is -2.56. The summed E-state index contributed by atoms with van der Waals surface area (Å²) in [4.78, 5) is 23.7. The highest BCUT2D eigenvalue weighted by Crippen LogP contribution is 2.61. The molecule has 4 aliphatic carbocycles. The van der Waals surface area contributed by atoms with Crippen molar-refractivity contribution in [2.24, 2.45) is 23.2 Å².